The molecule has 2 aromatic carbocycles. The Morgan fingerprint density at radius 2 is 2.00 bits per heavy atom. The van der Waals surface area contributed by atoms with Gasteiger partial charge in [-0.2, -0.15) is 4.37 Å². The molecule has 0 unspecified atom stereocenters. The van der Waals surface area contributed by atoms with Crippen molar-refractivity contribution in [2.75, 3.05) is 0 Å². The average molecular weight is 296 g/mol. The van der Waals surface area contributed by atoms with Gasteiger partial charge in [-0.15, -0.1) is 0 Å². The third-order valence-corrected chi connectivity index (χ3v) is 4.26. The lowest BCUT2D eigenvalue weighted by atomic mass is 9.98. The molecule has 0 bridgehead atoms. The summed E-state index contributed by atoms with van der Waals surface area (Å²) in [7, 11) is 0. The van der Waals surface area contributed by atoms with Crippen LogP contribution in [0.25, 0.3) is 10.1 Å². The predicted octanol–water partition coefficient (Wildman–Crippen LogP) is 3.50. The second-order valence-electron chi connectivity index (χ2n) is 5.13. The number of hydrogen-bond donors (Lipinski definition) is 1. The predicted molar refractivity (Wildman–Crippen MR) is 86.3 cm³/mol. The topological polar surface area (TPSA) is 56.0 Å². The molecule has 0 fully saturated rings. The molecular formula is C17H16N2OS. The largest absolute Gasteiger partial charge is 0.324 e. The van der Waals surface area contributed by atoms with Crippen molar-refractivity contribution < 1.29 is 4.79 Å². The normalized spacial score (nSPS) is 12.4. The van der Waals surface area contributed by atoms with E-state index in [1.54, 1.807) is 0 Å². The van der Waals surface area contributed by atoms with Gasteiger partial charge in [-0.1, -0.05) is 42.5 Å². The number of nitrogens with zero attached hydrogens (tertiary/aromatic N) is 1. The second kappa shape index (κ2) is 6.16. The van der Waals surface area contributed by atoms with E-state index in [-0.39, 0.29) is 11.8 Å². The fourth-order valence-corrected chi connectivity index (χ4v) is 3.09. The van der Waals surface area contributed by atoms with Crippen LogP contribution in [-0.4, -0.2) is 10.2 Å². The van der Waals surface area contributed by atoms with Crippen LogP contribution in [0.15, 0.2) is 54.7 Å². The fraction of sp³-hybridized carbons (Fsp3) is 0.176. The molecule has 3 nitrogen and oxygen atoms in total. The second-order valence-corrected chi connectivity index (χ2v) is 5.97. The first kappa shape index (κ1) is 13.9. The number of nitrogens with two attached hydrogens (primary N) is 1. The molecule has 106 valence electrons. The number of Topliss-reactive ketones (excluding diaryl/α,β-unsaturated/α-hetero) is 1. The molecule has 0 radical (unpaired) electrons. The monoisotopic (exact) mass is 296 g/mol. The SMILES string of the molecule is N[C@@H](CC(=O)Cc1ccc2cnsc2c1)c1ccccc1. The van der Waals surface area contributed by atoms with Gasteiger partial charge in [0.2, 0.25) is 0 Å². The number of fused-ring (bicyclic) bond motifs is 1. The summed E-state index contributed by atoms with van der Waals surface area (Å²) >= 11 is 1.45. The van der Waals surface area contributed by atoms with Gasteiger partial charge in [-0.05, 0) is 28.7 Å². The van der Waals surface area contributed by atoms with Crippen molar-refractivity contribution in [3.8, 4) is 0 Å². The van der Waals surface area contributed by atoms with E-state index in [9.17, 15) is 4.79 Å². The molecule has 21 heavy (non-hydrogen) atoms. The lowest BCUT2D eigenvalue weighted by Gasteiger charge is -2.11. The quantitative estimate of drug-likeness (QED) is 0.784. The van der Waals surface area contributed by atoms with Crippen molar-refractivity contribution in [3.05, 3.63) is 65.9 Å². The Bertz CT molecular complexity index is 752. The molecule has 0 spiro atoms. The Hall–Kier alpha value is -2.04. The molecule has 1 aromatic heterocycles. The standard InChI is InChI=1S/C17H16N2OS/c18-16(13-4-2-1-3-5-13)10-15(20)8-12-6-7-14-11-19-21-17(14)9-12/h1-7,9,11,16H,8,10,18H2/t16-/m0/s1. The highest BCUT2D eigenvalue weighted by Crippen LogP contribution is 2.21. The molecule has 4 heteroatoms. The lowest BCUT2D eigenvalue weighted by molar-refractivity contribution is -0.118. The molecule has 1 heterocycles. The van der Waals surface area contributed by atoms with E-state index in [2.05, 4.69) is 4.37 Å². The average Bonchev–Trinajstić information content (AvgIpc) is 2.95. The zero-order valence-corrected chi connectivity index (χ0v) is 12.3. The van der Waals surface area contributed by atoms with Crippen molar-refractivity contribution in [1.29, 1.82) is 0 Å². The van der Waals surface area contributed by atoms with Gasteiger partial charge in [0, 0.05) is 30.5 Å². The van der Waals surface area contributed by atoms with Gasteiger partial charge in [0.15, 0.2) is 0 Å². The summed E-state index contributed by atoms with van der Waals surface area (Å²) in [4.78, 5) is 12.2. The minimum absolute atomic E-state index is 0.162. The molecule has 0 aliphatic rings. The number of rotatable bonds is 5. The molecule has 0 aliphatic heterocycles. The van der Waals surface area contributed by atoms with Crippen LogP contribution in [0.3, 0.4) is 0 Å². The summed E-state index contributed by atoms with van der Waals surface area (Å²) in [6.45, 7) is 0. The Kier molecular flexibility index (Phi) is 4.08. The van der Waals surface area contributed by atoms with E-state index in [0.717, 1.165) is 21.2 Å². The molecular weight excluding hydrogens is 280 g/mol. The van der Waals surface area contributed by atoms with Crippen molar-refractivity contribution in [2.45, 2.75) is 18.9 Å². The van der Waals surface area contributed by atoms with Crippen LogP contribution in [-0.2, 0) is 11.2 Å². The molecule has 0 amide bonds. The molecule has 3 aromatic rings. The van der Waals surface area contributed by atoms with Gasteiger partial charge < -0.3 is 5.73 Å². The fourth-order valence-electron chi connectivity index (χ4n) is 2.38. The van der Waals surface area contributed by atoms with E-state index >= 15 is 0 Å². The molecule has 1 atom stereocenters. The molecule has 0 saturated carbocycles. The van der Waals surface area contributed by atoms with Crippen LogP contribution in [0.5, 0.6) is 0 Å². The number of benzene rings is 2. The van der Waals surface area contributed by atoms with Crippen molar-refractivity contribution in [1.82, 2.24) is 4.37 Å². The van der Waals surface area contributed by atoms with Gasteiger partial charge in [0.1, 0.15) is 5.78 Å². The maximum absolute atomic E-state index is 12.2. The van der Waals surface area contributed by atoms with E-state index in [4.69, 9.17) is 5.73 Å². The van der Waals surface area contributed by atoms with Gasteiger partial charge in [0.05, 0.1) is 4.70 Å². The smallest absolute Gasteiger partial charge is 0.139 e. The number of aromatic nitrogens is 1. The first-order chi connectivity index (χ1) is 10.2. The highest BCUT2D eigenvalue weighted by molar-refractivity contribution is 7.13. The van der Waals surface area contributed by atoms with Crippen LogP contribution in [0, 0.1) is 0 Å². The number of hydrogen-bond acceptors (Lipinski definition) is 4. The summed E-state index contributed by atoms with van der Waals surface area (Å²) in [5.74, 6) is 0.162. The summed E-state index contributed by atoms with van der Waals surface area (Å²) in [6.07, 6.45) is 2.63. The summed E-state index contributed by atoms with van der Waals surface area (Å²) < 4.78 is 5.26. The van der Waals surface area contributed by atoms with Crippen LogP contribution < -0.4 is 5.73 Å². The van der Waals surface area contributed by atoms with Crippen LogP contribution in [0.1, 0.15) is 23.6 Å². The summed E-state index contributed by atoms with van der Waals surface area (Å²) in [6, 6.07) is 15.6. The third-order valence-electron chi connectivity index (χ3n) is 3.50. The minimum Gasteiger partial charge on any atom is -0.324 e. The van der Waals surface area contributed by atoms with Crippen LogP contribution in [0.2, 0.25) is 0 Å². The molecule has 3 rings (SSSR count). The number of carbonyl (C=O) groups excluding carboxylic acids is 1. The Morgan fingerprint density at radius 3 is 2.81 bits per heavy atom. The van der Waals surface area contributed by atoms with Gasteiger partial charge in [0.25, 0.3) is 0 Å². The van der Waals surface area contributed by atoms with E-state index in [1.807, 2.05) is 54.7 Å². The van der Waals surface area contributed by atoms with E-state index in [1.165, 1.54) is 11.5 Å². The molecule has 2 N–H and O–H groups in total. The number of ketones is 1. The summed E-state index contributed by atoms with van der Waals surface area (Å²) in [5, 5.41) is 1.12. The van der Waals surface area contributed by atoms with E-state index in [0.29, 0.717) is 12.8 Å². The minimum atomic E-state index is -0.231. The zero-order valence-electron chi connectivity index (χ0n) is 11.5. The van der Waals surface area contributed by atoms with Crippen molar-refractivity contribution >= 4 is 27.4 Å². The molecule has 0 aliphatic carbocycles. The van der Waals surface area contributed by atoms with Gasteiger partial charge in [-0.25, -0.2) is 0 Å². The Labute approximate surface area is 127 Å². The van der Waals surface area contributed by atoms with Gasteiger partial charge >= 0.3 is 0 Å². The van der Waals surface area contributed by atoms with Crippen LogP contribution >= 0.6 is 11.5 Å². The van der Waals surface area contributed by atoms with Crippen LogP contribution in [0.4, 0.5) is 0 Å². The Morgan fingerprint density at radius 1 is 1.19 bits per heavy atom. The van der Waals surface area contributed by atoms with E-state index < -0.39 is 0 Å². The first-order valence-corrected chi connectivity index (χ1v) is 7.65. The lowest BCUT2D eigenvalue weighted by Crippen LogP contribution is -2.16. The maximum atomic E-state index is 12.2. The maximum Gasteiger partial charge on any atom is 0.139 e. The molecule has 0 saturated heterocycles. The summed E-state index contributed by atoms with van der Waals surface area (Å²) in [5.41, 5.74) is 8.12. The number of carbonyl (C=O) groups is 1. The highest BCUT2D eigenvalue weighted by Gasteiger charge is 2.12. The van der Waals surface area contributed by atoms with Crippen molar-refractivity contribution in [2.24, 2.45) is 5.73 Å². The first-order valence-electron chi connectivity index (χ1n) is 6.88. The third kappa shape index (κ3) is 3.35. The highest BCUT2D eigenvalue weighted by atomic mass is 32.1. The Balaban J connectivity index is 1.66. The van der Waals surface area contributed by atoms with Crippen molar-refractivity contribution in [3.63, 3.8) is 0 Å². The van der Waals surface area contributed by atoms with Gasteiger partial charge in [-0.3, -0.25) is 4.79 Å². The zero-order chi connectivity index (χ0) is 14.7.